The summed E-state index contributed by atoms with van der Waals surface area (Å²) in [7, 11) is 0. The second-order valence-corrected chi connectivity index (χ2v) is 5.67. The average Bonchev–Trinajstić information content (AvgIpc) is 2.86. The second-order valence-electron chi connectivity index (χ2n) is 5.67. The summed E-state index contributed by atoms with van der Waals surface area (Å²) in [6.45, 7) is 8.49. The Balaban J connectivity index is 2.02. The highest BCUT2D eigenvalue weighted by atomic mass is 15.3. The number of aromatic nitrogens is 4. The molecule has 2 aromatic rings. The van der Waals surface area contributed by atoms with Crippen molar-refractivity contribution in [1.29, 1.82) is 0 Å². The van der Waals surface area contributed by atoms with Gasteiger partial charge in [0.15, 0.2) is 11.5 Å². The summed E-state index contributed by atoms with van der Waals surface area (Å²) in [6.07, 6.45) is 4.10. The Bertz CT molecular complexity index is 592. The van der Waals surface area contributed by atoms with Gasteiger partial charge >= 0.3 is 0 Å². The van der Waals surface area contributed by atoms with Crippen molar-refractivity contribution >= 4 is 22.9 Å². The summed E-state index contributed by atoms with van der Waals surface area (Å²) in [5, 5.41) is 3.19. The van der Waals surface area contributed by atoms with Crippen LogP contribution in [0.3, 0.4) is 0 Å². The van der Waals surface area contributed by atoms with E-state index < -0.39 is 0 Å². The molecule has 1 fully saturated rings. The average molecular weight is 274 g/mol. The summed E-state index contributed by atoms with van der Waals surface area (Å²) in [5.41, 5.74) is 1.67. The van der Waals surface area contributed by atoms with Gasteiger partial charge in [0, 0.05) is 19.1 Å². The number of hydrogen-bond acceptors (Lipinski definition) is 5. The minimum atomic E-state index is 0.495. The van der Waals surface area contributed by atoms with E-state index in [0.29, 0.717) is 12.0 Å². The minimum Gasteiger partial charge on any atom is -0.354 e. The molecule has 2 unspecified atom stereocenters. The molecule has 2 aromatic heterocycles. The minimum absolute atomic E-state index is 0.495. The van der Waals surface area contributed by atoms with Gasteiger partial charge in [-0.2, -0.15) is 9.97 Å². The lowest BCUT2D eigenvalue weighted by Gasteiger charge is -2.37. The molecule has 0 spiro atoms. The predicted octanol–water partition coefficient (Wildman–Crippen LogP) is 2.41. The molecule has 3 rings (SSSR count). The van der Waals surface area contributed by atoms with Crippen molar-refractivity contribution in [3.63, 3.8) is 0 Å². The van der Waals surface area contributed by atoms with Crippen molar-refractivity contribution in [3.8, 4) is 0 Å². The summed E-state index contributed by atoms with van der Waals surface area (Å²) >= 11 is 0. The SMILES string of the molecule is CCNc1nc(N2CCC(C)CC2C)c2[nH]cnc2n1. The molecule has 6 heteroatoms. The van der Waals surface area contributed by atoms with Gasteiger partial charge in [-0.25, -0.2) is 4.98 Å². The van der Waals surface area contributed by atoms with E-state index in [0.717, 1.165) is 36.0 Å². The molecule has 0 amide bonds. The number of nitrogens with zero attached hydrogens (tertiary/aromatic N) is 4. The van der Waals surface area contributed by atoms with E-state index in [4.69, 9.17) is 4.98 Å². The molecular weight excluding hydrogens is 252 g/mol. The number of piperidine rings is 1. The summed E-state index contributed by atoms with van der Waals surface area (Å²) in [6, 6.07) is 0.495. The van der Waals surface area contributed by atoms with Crippen molar-refractivity contribution in [2.75, 3.05) is 23.3 Å². The number of nitrogens with one attached hydrogen (secondary N) is 2. The third kappa shape index (κ3) is 2.30. The Morgan fingerprint density at radius 3 is 3.00 bits per heavy atom. The van der Waals surface area contributed by atoms with Gasteiger partial charge in [-0.05, 0) is 32.6 Å². The van der Waals surface area contributed by atoms with Crippen LogP contribution in [0.25, 0.3) is 11.2 Å². The monoisotopic (exact) mass is 274 g/mol. The first-order valence-corrected chi connectivity index (χ1v) is 7.40. The third-order valence-electron chi connectivity index (χ3n) is 4.01. The number of anilines is 2. The van der Waals surface area contributed by atoms with Crippen molar-refractivity contribution in [3.05, 3.63) is 6.33 Å². The molecule has 1 aliphatic heterocycles. The molecule has 6 nitrogen and oxygen atoms in total. The van der Waals surface area contributed by atoms with Crippen LogP contribution in [0.2, 0.25) is 0 Å². The Kier molecular flexibility index (Phi) is 3.46. The smallest absolute Gasteiger partial charge is 0.226 e. The first-order chi connectivity index (χ1) is 9.69. The van der Waals surface area contributed by atoms with E-state index >= 15 is 0 Å². The van der Waals surface area contributed by atoms with Crippen LogP contribution in [-0.2, 0) is 0 Å². The first-order valence-electron chi connectivity index (χ1n) is 7.40. The lowest BCUT2D eigenvalue weighted by atomic mass is 9.93. The van der Waals surface area contributed by atoms with Gasteiger partial charge in [-0.3, -0.25) is 0 Å². The largest absolute Gasteiger partial charge is 0.354 e. The molecule has 0 aliphatic carbocycles. The molecule has 3 heterocycles. The fraction of sp³-hybridized carbons (Fsp3) is 0.643. The molecule has 0 saturated carbocycles. The van der Waals surface area contributed by atoms with Gasteiger partial charge in [-0.1, -0.05) is 6.92 Å². The molecule has 1 saturated heterocycles. The zero-order valence-corrected chi connectivity index (χ0v) is 12.3. The zero-order valence-electron chi connectivity index (χ0n) is 12.3. The van der Waals surface area contributed by atoms with Gasteiger partial charge in [0.25, 0.3) is 0 Å². The quantitative estimate of drug-likeness (QED) is 0.899. The standard InChI is InChI=1S/C14H22N6/c1-4-15-14-18-12-11(16-8-17-12)13(19-14)20-6-5-9(2)7-10(20)3/h8-10H,4-7H2,1-3H3,(H2,15,16,17,18,19). The van der Waals surface area contributed by atoms with Crippen LogP contribution in [0.1, 0.15) is 33.6 Å². The van der Waals surface area contributed by atoms with Crippen molar-refractivity contribution in [2.45, 2.75) is 39.7 Å². The van der Waals surface area contributed by atoms with Gasteiger partial charge < -0.3 is 15.2 Å². The molecule has 0 bridgehead atoms. The Morgan fingerprint density at radius 1 is 1.40 bits per heavy atom. The number of H-pyrrole nitrogens is 1. The van der Waals surface area contributed by atoms with Crippen molar-refractivity contribution in [2.24, 2.45) is 5.92 Å². The van der Waals surface area contributed by atoms with Crippen LogP contribution in [0.15, 0.2) is 6.33 Å². The van der Waals surface area contributed by atoms with Crippen LogP contribution in [-0.4, -0.2) is 39.1 Å². The topological polar surface area (TPSA) is 69.7 Å². The van der Waals surface area contributed by atoms with Crippen molar-refractivity contribution < 1.29 is 0 Å². The molecule has 1 aliphatic rings. The number of fused-ring (bicyclic) bond motifs is 1. The third-order valence-corrected chi connectivity index (χ3v) is 4.01. The van der Waals surface area contributed by atoms with E-state index in [2.05, 4.69) is 39.0 Å². The summed E-state index contributed by atoms with van der Waals surface area (Å²) in [5.74, 6) is 2.42. The van der Waals surface area contributed by atoms with Crippen LogP contribution < -0.4 is 10.2 Å². The van der Waals surface area contributed by atoms with Gasteiger partial charge in [0.2, 0.25) is 5.95 Å². The number of aromatic amines is 1. The van der Waals surface area contributed by atoms with Crippen LogP contribution in [0.5, 0.6) is 0 Å². The van der Waals surface area contributed by atoms with E-state index in [1.165, 1.54) is 12.8 Å². The molecule has 2 N–H and O–H groups in total. The maximum atomic E-state index is 4.69. The normalized spacial score (nSPS) is 23.2. The van der Waals surface area contributed by atoms with Crippen LogP contribution in [0, 0.1) is 5.92 Å². The van der Waals surface area contributed by atoms with E-state index in [1.54, 1.807) is 6.33 Å². The lowest BCUT2D eigenvalue weighted by molar-refractivity contribution is 0.376. The van der Waals surface area contributed by atoms with Crippen LogP contribution >= 0.6 is 0 Å². The molecule has 108 valence electrons. The molecule has 0 aromatic carbocycles. The number of imidazole rings is 1. The zero-order chi connectivity index (χ0) is 14.1. The highest BCUT2D eigenvalue weighted by Gasteiger charge is 2.26. The van der Waals surface area contributed by atoms with Crippen LogP contribution in [0.4, 0.5) is 11.8 Å². The van der Waals surface area contributed by atoms with Crippen molar-refractivity contribution in [1.82, 2.24) is 19.9 Å². The number of hydrogen-bond donors (Lipinski definition) is 2. The predicted molar refractivity (Wildman–Crippen MR) is 81.1 cm³/mol. The van der Waals surface area contributed by atoms with Gasteiger partial charge in [-0.15, -0.1) is 0 Å². The van der Waals surface area contributed by atoms with E-state index in [9.17, 15) is 0 Å². The maximum Gasteiger partial charge on any atom is 0.226 e. The van der Waals surface area contributed by atoms with E-state index in [1.807, 2.05) is 6.92 Å². The Morgan fingerprint density at radius 2 is 2.25 bits per heavy atom. The molecule has 2 atom stereocenters. The maximum absolute atomic E-state index is 4.69. The van der Waals surface area contributed by atoms with E-state index in [-0.39, 0.29) is 0 Å². The van der Waals surface area contributed by atoms with Gasteiger partial charge in [0.1, 0.15) is 5.52 Å². The molecular formula is C14H22N6. The highest BCUT2D eigenvalue weighted by Crippen LogP contribution is 2.30. The van der Waals surface area contributed by atoms with Gasteiger partial charge in [0.05, 0.1) is 6.33 Å². The summed E-state index contributed by atoms with van der Waals surface area (Å²) in [4.78, 5) is 19.0. The number of rotatable bonds is 3. The molecule has 0 radical (unpaired) electrons. The highest BCUT2D eigenvalue weighted by molar-refractivity contribution is 5.84. The fourth-order valence-corrected chi connectivity index (χ4v) is 2.98. The molecule has 20 heavy (non-hydrogen) atoms. The summed E-state index contributed by atoms with van der Waals surface area (Å²) < 4.78 is 0. The first kappa shape index (κ1) is 13.1. The Labute approximate surface area is 119 Å². The fourth-order valence-electron chi connectivity index (χ4n) is 2.98. The lowest BCUT2D eigenvalue weighted by Crippen LogP contribution is -2.41. The second kappa shape index (κ2) is 5.26. The Hall–Kier alpha value is -1.85.